The Hall–Kier alpha value is -2.70. The predicted molar refractivity (Wildman–Crippen MR) is 95.5 cm³/mol. The Morgan fingerprint density at radius 2 is 1.83 bits per heavy atom. The van der Waals surface area contributed by atoms with E-state index in [0.717, 1.165) is 0 Å². The molecule has 0 radical (unpaired) electrons. The first-order chi connectivity index (χ1) is 11.6. The van der Waals surface area contributed by atoms with Crippen molar-refractivity contribution in [3.8, 4) is 11.4 Å². The van der Waals surface area contributed by atoms with Crippen LogP contribution < -0.4 is 17.0 Å². The number of hydrogen-bond donors (Lipinski definition) is 2. The van der Waals surface area contributed by atoms with Gasteiger partial charge in [0.25, 0.3) is 0 Å². The van der Waals surface area contributed by atoms with Crippen LogP contribution in [0.15, 0.2) is 64.5 Å². The summed E-state index contributed by atoms with van der Waals surface area (Å²) in [5, 5.41) is 0.504. The van der Waals surface area contributed by atoms with Gasteiger partial charge in [0.1, 0.15) is 5.82 Å². The van der Waals surface area contributed by atoms with Gasteiger partial charge in [0.2, 0.25) is 5.95 Å². The van der Waals surface area contributed by atoms with Crippen molar-refractivity contribution in [1.82, 2.24) is 14.5 Å². The molecule has 0 unspecified atom stereocenters. The van der Waals surface area contributed by atoms with Gasteiger partial charge >= 0.3 is 5.69 Å². The predicted octanol–water partition coefficient (Wildman–Crippen LogP) is 2.59. The van der Waals surface area contributed by atoms with E-state index in [1.165, 1.54) is 22.1 Å². The summed E-state index contributed by atoms with van der Waals surface area (Å²) in [6.07, 6.45) is 9.90. The molecule has 122 valence electrons. The highest BCUT2D eigenvalue weighted by Crippen LogP contribution is 2.27. The maximum atomic E-state index is 11.6. The zero-order chi connectivity index (χ0) is 17.1. The SMILES string of the molecule is C1=CC2=CC=C1C2.Cn1c(-c2ccccc2Cl)nc(NN)nc1=O. The van der Waals surface area contributed by atoms with Crippen LogP contribution in [0.4, 0.5) is 5.95 Å². The third kappa shape index (κ3) is 3.29. The van der Waals surface area contributed by atoms with Gasteiger partial charge in [0, 0.05) is 12.6 Å². The number of allylic oxidation sites excluding steroid dienone is 6. The highest BCUT2D eigenvalue weighted by molar-refractivity contribution is 6.33. The van der Waals surface area contributed by atoms with Crippen LogP contribution in [0.25, 0.3) is 11.4 Å². The molecule has 3 N–H and O–H groups in total. The summed E-state index contributed by atoms with van der Waals surface area (Å²) in [6, 6.07) is 7.10. The zero-order valence-electron chi connectivity index (χ0n) is 13.0. The number of benzene rings is 1. The highest BCUT2D eigenvalue weighted by Gasteiger charge is 2.11. The number of nitrogens with one attached hydrogen (secondary N) is 1. The van der Waals surface area contributed by atoms with Crippen molar-refractivity contribution < 1.29 is 0 Å². The number of anilines is 1. The van der Waals surface area contributed by atoms with Crippen LogP contribution in [-0.4, -0.2) is 14.5 Å². The normalized spacial score (nSPS) is 14.0. The van der Waals surface area contributed by atoms with Crippen molar-refractivity contribution in [1.29, 1.82) is 0 Å². The van der Waals surface area contributed by atoms with Crippen molar-refractivity contribution in [3.05, 3.63) is 75.2 Å². The minimum atomic E-state index is -0.456. The first-order valence-electron chi connectivity index (χ1n) is 7.33. The van der Waals surface area contributed by atoms with Crippen molar-refractivity contribution >= 4 is 17.5 Å². The largest absolute Gasteiger partial charge is 0.352 e. The van der Waals surface area contributed by atoms with Crippen LogP contribution in [0, 0.1) is 0 Å². The average molecular weight is 342 g/mol. The van der Waals surface area contributed by atoms with Gasteiger partial charge in [-0.2, -0.15) is 9.97 Å². The maximum absolute atomic E-state index is 11.6. The molecule has 2 aromatic rings. The molecule has 0 atom stereocenters. The maximum Gasteiger partial charge on any atom is 0.352 e. The van der Waals surface area contributed by atoms with Gasteiger partial charge in [-0.05, 0) is 29.7 Å². The lowest BCUT2D eigenvalue weighted by molar-refractivity contribution is 0.785. The van der Waals surface area contributed by atoms with Crippen LogP contribution >= 0.6 is 11.6 Å². The zero-order valence-corrected chi connectivity index (χ0v) is 13.8. The molecule has 1 aromatic carbocycles. The van der Waals surface area contributed by atoms with E-state index in [4.69, 9.17) is 17.4 Å². The molecule has 0 saturated heterocycles. The second-order valence-electron chi connectivity index (χ2n) is 5.33. The summed E-state index contributed by atoms with van der Waals surface area (Å²) >= 11 is 6.05. The molecular formula is C17H16ClN5O. The Bertz CT molecular complexity index is 907. The summed E-state index contributed by atoms with van der Waals surface area (Å²) < 4.78 is 1.31. The summed E-state index contributed by atoms with van der Waals surface area (Å²) in [6.45, 7) is 0. The Balaban J connectivity index is 0.000000198. The number of nitrogen functional groups attached to an aromatic ring is 1. The molecule has 2 aliphatic rings. The lowest BCUT2D eigenvalue weighted by Gasteiger charge is -2.09. The minimum absolute atomic E-state index is 0.0584. The Labute approximate surface area is 144 Å². The van der Waals surface area contributed by atoms with E-state index in [-0.39, 0.29) is 5.95 Å². The fourth-order valence-electron chi connectivity index (χ4n) is 2.42. The molecule has 2 aliphatic carbocycles. The highest BCUT2D eigenvalue weighted by atomic mass is 35.5. The first-order valence-corrected chi connectivity index (χ1v) is 7.70. The Morgan fingerprint density at radius 3 is 2.33 bits per heavy atom. The van der Waals surface area contributed by atoms with Crippen LogP contribution in [0.1, 0.15) is 6.42 Å². The Kier molecular flexibility index (Phi) is 4.59. The van der Waals surface area contributed by atoms with Gasteiger partial charge < -0.3 is 0 Å². The molecule has 6 nitrogen and oxygen atoms in total. The van der Waals surface area contributed by atoms with Crippen LogP contribution in [-0.2, 0) is 7.05 Å². The second kappa shape index (κ2) is 6.82. The topological polar surface area (TPSA) is 85.8 Å². The van der Waals surface area contributed by atoms with E-state index in [1.807, 2.05) is 6.07 Å². The lowest BCUT2D eigenvalue weighted by Crippen LogP contribution is -2.26. The number of nitrogens with two attached hydrogens (primary N) is 1. The van der Waals surface area contributed by atoms with Gasteiger partial charge in [-0.3, -0.25) is 9.99 Å². The van der Waals surface area contributed by atoms with Gasteiger partial charge in [-0.1, -0.05) is 48.0 Å². The summed E-state index contributed by atoms with van der Waals surface area (Å²) in [7, 11) is 1.57. The average Bonchev–Trinajstić information content (AvgIpc) is 3.24. The smallest absolute Gasteiger partial charge is 0.292 e. The standard InChI is InChI=1S/C10H10ClN5O.C7H6/c1-16-8(6-4-2-3-5-7(6)11)13-9(15-12)14-10(16)17;1-2-7-4-3-6(1)5-7/h2-5H,12H2,1H3,(H,14,15,17);1-4H,5H2. The number of aromatic nitrogens is 3. The third-order valence-corrected chi connectivity index (χ3v) is 4.02. The first kappa shape index (κ1) is 16.2. The van der Waals surface area contributed by atoms with Gasteiger partial charge in [0.15, 0.2) is 0 Å². The van der Waals surface area contributed by atoms with E-state index in [9.17, 15) is 4.79 Å². The summed E-state index contributed by atoms with van der Waals surface area (Å²) in [4.78, 5) is 19.3. The van der Waals surface area contributed by atoms with Crippen molar-refractivity contribution in [2.75, 3.05) is 5.43 Å². The molecule has 24 heavy (non-hydrogen) atoms. The van der Waals surface area contributed by atoms with E-state index in [0.29, 0.717) is 16.4 Å². The number of fused-ring (bicyclic) bond motifs is 2. The summed E-state index contributed by atoms with van der Waals surface area (Å²) in [5.74, 6) is 5.66. The third-order valence-electron chi connectivity index (χ3n) is 3.69. The molecule has 0 spiro atoms. The van der Waals surface area contributed by atoms with E-state index in [2.05, 4.69) is 39.7 Å². The molecular weight excluding hydrogens is 326 g/mol. The minimum Gasteiger partial charge on any atom is -0.292 e. The summed E-state index contributed by atoms with van der Waals surface area (Å²) in [5.41, 5.74) is 5.37. The molecule has 7 heteroatoms. The molecule has 0 amide bonds. The van der Waals surface area contributed by atoms with Crippen LogP contribution in [0.3, 0.4) is 0 Å². The molecule has 4 rings (SSSR count). The number of hydrazine groups is 1. The fraction of sp³-hybridized carbons (Fsp3) is 0.118. The fourth-order valence-corrected chi connectivity index (χ4v) is 2.64. The molecule has 0 aliphatic heterocycles. The van der Waals surface area contributed by atoms with E-state index >= 15 is 0 Å². The van der Waals surface area contributed by atoms with E-state index in [1.54, 1.807) is 25.2 Å². The van der Waals surface area contributed by atoms with Crippen molar-refractivity contribution in [2.24, 2.45) is 12.9 Å². The number of rotatable bonds is 2. The molecule has 0 fully saturated rings. The number of hydrogen-bond acceptors (Lipinski definition) is 5. The number of nitrogens with zero attached hydrogens (tertiary/aromatic N) is 3. The van der Waals surface area contributed by atoms with Crippen LogP contribution in [0.2, 0.25) is 5.02 Å². The monoisotopic (exact) mass is 341 g/mol. The van der Waals surface area contributed by atoms with Crippen LogP contribution in [0.5, 0.6) is 0 Å². The molecule has 1 aromatic heterocycles. The molecule has 2 bridgehead atoms. The lowest BCUT2D eigenvalue weighted by atomic mass is 10.2. The van der Waals surface area contributed by atoms with Crippen molar-refractivity contribution in [3.63, 3.8) is 0 Å². The van der Waals surface area contributed by atoms with Gasteiger partial charge in [-0.25, -0.2) is 10.6 Å². The Morgan fingerprint density at radius 1 is 1.17 bits per heavy atom. The second-order valence-corrected chi connectivity index (χ2v) is 5.74. The molecule has 0 saturated carbocycles. The van der Waals surface area contributed by atoms with E-state index < -0.39 is 5.69 Å². The quantitative estimate of drug-likeness (QED) is 0.647. The van der Waals surface area contributed by atoms with Crippen molar-refractivity contribution in [2.45, 2.75) is 6.42 Å². The van der Waals surface area contributed by atoms with Gasteiger partial charge in [-0.15, -0.1) is 0 Å². The molecule has 1 heterocycles. The number of halogens is 1. The van der Waals surface area contributed by atoms with Gasteiger partial charge in [0.05, 0.1) is 5.02 Å².